The van der Waals surface area contributed by atoms with Gasteiger partial charge in [0.15, 0.2) is 0 Å². The highest BCUT2D eigenvalue weighted by molar-refractivity contribution is 9.10. The van der Waals surface area contributed by atoms with E-state index < -0.39 is 27.9 Å². The van der Waals surface area contributed by atoms with Crippen LogP contribution in [0.4, 0.5) is 17.6 Å². The maximum atomic E-state index is 13.2. The fourth-order valence-corrected chi connectivity index (χ4v) is 1.93. The van der Waals surface area contributed by atoms with Crippen molar-refractivity contribution in [2.75, 3.05) is 0 Å². The van der Waals surface area contributed by atoms with Crippen LogP contribution in [0.5, 0.6) is 0 Å². The van der Waals surface area contributed by atoms with Gasteiger partial charge in [0.1, 0.15) is 5.82 Å². The molecule has 0 amide bonds. The van der Waals surface area contributed by atoms with Gasteiger partial charge in [-0.2, -0.15) is 13.2 Å². The molecule has 0 aliphatic carbocycles. The minimum atomic E-state index is -5.47. The van der Waals surface area contributed by atoms with Crippen LogP contribution in [-0.2, 0) is 16.6 Å². The molecule has 0 saturated carbocycles. The molecule has 1 N–H and O–H groups in total. The molecule has 0 unspecified atom stereocenters. The summed E-state index contributed by atoms with van der Waals surface area (Å²) in [6, 6.07) is 3.74. The Labute approximate surface area is 103 Å². The maximum Gasteiger partial charge on any atom is 0.511 e. The van der Waals surface area contributed by atoms with Crippen LogP contribution in [0.3, 0.4) is 0 Å². The van der Waals surface area contributed by atoms with Crippen molar-refractivity contribution in [3.05, 3.63) is 34.1 Å². The van der Waals surface area contributed by atoms with Crippen molar-refractivity contribution in [2.45, 2.75) is 12.1 Å². The van der Waals surface area contributed by atoms with Crippen molar-refractivity contribution in [1.82, 2.24) is 4.72 Å². The van der Waals surface area contributed by atoms with Crippen LogP contribution in [0.1, 0.15) is 5.56 Å². The summed E-state index contributed by atoms with van der Waals surface area (Å²) in [5, 5.41) is 0. The Morgan fingerprint density at radius 3 is 2.35 bits per heavy atom. The fourth-order valence-electron chi connectivity index (χ4n) is 0.950. The van der Waals surface area contributed by atoms with Crippen molar-refractivity contribution >= 4 is 26.0 Å². The molecular weight excluding hydrogens is 330 g/mol. The second kappa shape index (κ2) is 4.91. The Balaban J connectivity index is 2.89. The van der Waals surface area contributed by atoms with Gasteiger partial charge in [-0.15, -0.1) is 0 Å². The van der Waals surface area contributed by atoms with E-state index in [0.717, 1.165) is 6.07 Å². The molecule has 1 aromatic carbocycles. The number of sulfonamides is 1. The molecule has 9 heteroatoms. The van der Waals surface area contributed by atoms with Crippen molar-refractivity contribution in [3.8, 4) is 0 Å². The molecule has 1 aromatic rings. The Hall–Kier alpha value is -0.670. The molecule has 0 heterocycles. The third-order valence-corrected chi connectivity index (χ3v) is 3.68. The summed E-state index contributed by atoms with van der Waals surface area (Å²) in [6.07, 6.45) is 0. The standard InChI is InChI=1S/C8H6BrF4NO2S/c9-6-2-1-3-7(10)5(6)4-14-17(15,16)8(11,12)13/h1-3,14H,4H2. The first kappa shape index (κ1) is 14.4. The lowest BCUT2D eigenvalue weighted by Crippen LogP contribution is -2.36. The summed E-state index contributed by atoms with van der Waals surface area (Å²) in [5.74, 6) is -0.802. The van der Waals surface area contributed by atoms with Crippen molar-refractivity contribution < 1.29 is 26.0 Å². The topological polar surface area (TPSA) is 46.2 Å². The van der Waals surface area contributed by atoms with Gasteiger partial charge in [-0.3, -0.25) is 0 Å². The van der Waals surface area contributed by atoms with Gasteiger partial charge >= 0.3 is 15.5 Å². The minimum Gasteiger partial charge on any atom is -0.207 e. The Morgan fingerprint density at radius 2 is 1.88 bits per heavy atom. The molecule has 0 radical (unpaired) electrons. The monoisotopic (exact) mass is 335 g/mol. The molecule has 0 aromatic heterocycles. The highest BCUT2D eigenvalue weighted by Gasteiger charge is 2.45. The van der Waals surface area contributed by atoms with E-state index in [2.05, 4.69) is 15.9 Å². The average molecular weight is 336 g/mol. The second-order valence-corrected chi connectivity index (χ2v) is 5.58. The maximum absolute atomic E-state index is 13.2. The van der Waals surface area contributed by atoms with E-state index in [1.54, 1.807) is 0 Å². The van der Waals surface area contributed by atoms with Crippen molar-refractivity contribution in [1.29, 1.82) is 0 Å². The van der Waals surface area contributed by atoms with E-state index in [1.165, 1.54) is 16.9 Å². The molecule has 17 heavy (non-hydrogen) atoms. The molecule has 3 nitrogen and oxygen atoms in total. The fraction of sp³-hybridized carbons (Fsp3) is 0.250. The highest BCUT2D eigenvalue weighted by atomic mass is 79.9. The van der Waals surface area contributed by atoms with Gasteiger partial charge in [0.05, 0.1) is 0 Å². The molecule has 0 saturated heterocycles. The zero-order chi connectivity index (χ0) is 13.3. The number of rotatable bonds is 3. The summed E-state index contributed by atoms with van der Waals surface area (Å²) < 4.78 is 71.9. The predicted octanol–water partition coefficient (Wildman–Crippen LogP) is 2.53. The van der Waals surface area contributed by atoms with Gasteiger partial charge in [0.2, 0.25) is 0 Å². The molecule has 0 bridgehead atoms. The third kappa shape index (κ3) is 3.39. The predicted molar refractivity (Wildman–Crippen MR) is 55.9 cm³/mol. The minimum absolute atomic E-state index is 0.183. The lowest BCUT2D eigenvalue weighted by Gasteiger charge is -2.10. The molecular formula is C8H6BrF4NO2S. The molecule has 0 atom stereocenters. The van der Waals surface area contributed by atoms with E-state index in [9.17, 15) is 26.0 Å². The molecule has 0 spiro atoms. The lowest BCUT2D eigenvalue weighted by atomic mass is 10.2. The number of hydrogen-bond acceptors (Lipinski definition) is 2. The summed E-state index contributed by atoms with van der Waals surface area (Å²) >= 11 is 2.91. The number of alkyl halides is 3. The Bertz CT molecular complexity index is 494. The Morgan fingerprint density at radius 1 is 1.29 bits per heavy atom. The van der Waals surface area contributed by atoms with Crippen LogP contribution in [0.15, 0.2) is 22.7 Å². The Kier molecular flexibility index (Phi) is 4.15. The van der Waals surface area contributed by atoms with E-state index >= 15 is 0 Å². The summed E-state index contributed by atoms with van der Waals surface area (Å²) in [4.78, 5) is 0. The number of hydrogen-bond donors (Lipinski definition) is 1. The molecule has 96 valence electrons. The highest BCUT2D eigenvalue weighted by Crippen LogP contribution is 2.24. The van der Waals surface area contributed by atoms with Crippen LogP contribution < -0.4 is 4.72 Å². The van der Waals surface area contributed by atoms with Gasteiger partial charge in [0.25, 0.3) is 0 Å². The molecule has 0 aliphatic heterocycles. The second-order valence-electron chi connectivity index (χ2n) is 2.97. The first-order chi connectivity index (χ1) is 7.65. The van der Waals surface area contributed by atoms with Gasteiger partial charge in [0, 0.05) is 16.6 Å². The van der Waals surface area contributed by atoms with Gasteiger partial charge in [-0.1, -0.05) is 22.0 Å². The first-order valence-electron chi connectivity index (χ1n) is 4.14. The largest absolute Gasteiger partial charge is 0.511 e. The lowest BCUT2D eigenvalue weighted by molar-refractivity contribution is -0.0448. The number of halogens is 5. The molecule has 0 fully saturated rings. The summed E-state index contributed by atoms with van der Waals surface area (Å²) in [6.45, 7) is -0.783. The zero-order valence-corrected chi connectivity index (χ0v) is 10.5. The van der Waals surface area contributed by atoms with Gasteiger partial charge in [-0.05, 0) is 12.1 Å². The van der Waals surface area contributed by atoms with Gasteiger partial charge in [-0.25, -0.2) is 17.5 Å². The van der Waals surface area contributed by atoms with Crippen LogP contribution in [0.2, 0.25) is 0 Å². The van der Waals surface area contributed by atoms with E-state index in [4.69, 9.17) is 0 Å². The molecule has 1 rings (SSSR count). The first-order valence-corrected chi connectivity index (χ1v) is 6.41. The summed E-state index contributed by atoms with van der Waals surface area (Å²) in [7, 11) is -5.47. The number of nitrogens with one attached hydrogen (secondary N) is 1. The normalized spacial score (nSPS) is 12.8. The van der Waals surface area contributed by atoms with Crippen LogP contribution in [0, 0.1) is 5.82 Å². The average Bonchev–Trinajstić information content (AvgIpc) is 2.15. The van der Waals surface area contributed by atoms with Crippen LogP contribution in [0.25, 0.3) is 0 Å². The van der Waals surface area contributed by atoms with Crippen molar-refractivity contribution in [2.24, 2.45) is 0 Å². The van der Waals surface area contributed by atoms with Crippen LogP contribution in [-0.4, -0.2) is 13.9 Å². The zero-order valence-electron chi connectivity index (χ0n) is 8.05. The summed E-state index contributed by atoms with van der Waals surface area (Å²) in [5.41, 5.74) is -5.61. The molecule has 0 aliphatic rings. The van der Waals surface area contributed by atoms with E-state index in [0.29, 0.717) is 0 Å². The SMILES string of the molecule is O=S(=O)(NCc1c(F)cccc1Br)C(F)(F)F. The number of benzene rings is 1. The van der Waals surface area contributed by atoms with Gasteiger partial charge < -0.3 is 0 Å². The van der Waals surface area contributed by atoms with E-state index in [-0.39, 0.29) is 10.0 Å². The smallest absolute Gasteiger partial charge is 0.207 e. The van der Waals surface area contributed by atoms with E-state index in [1.807, 2.05) is 0 Å². The third-order valence-electron chi connectivity index (χ3n) is 1.81. The quantitative estimate of drug-likeness (QED) is 0.863. The van der Waals surface area contributed by atoms with Crippen molar-refractivity contribution in [3.63, 3.8) is 0 Å². The van der Waals surface area contributed by atoms with Crippen LogP contribution >= 0.6 is 15.9 Å².